The molecule has 0 spiro atoms. The third-order valence-corrected chi connectivity index (χ3v) is 6.24. The fraction of sp³-hybridized carbons (Fsp3) is 0.571. The zero-order chi connectivity index (χ0) is 21.7. The fourth-order valence-corrected chi connectivity index (χ4v) is 4.51. The SMILES string of the molecule is CCN(CC)CCCOC(=O)C1(Sc2ccccc2)CCCC1.O=C(O)C(=O)O. The number of carboxylic acid groups (broad SMARTS) is 2. The number of carboxylic acids is 2. The second-order valence-corrected chi connectivity index (χ2v) is 8.20. The second-order valence-electron chi connectivity index (χ2n) is 6.74. The van der Waals surface area contributed by atoms with Gasteiger partial charge in [-0.15, -0.1) is 11.8 Å². The van der Waals surface area contributed by atoms with E-state index in [1.807, 2.05) is 18.2 Å². The molecule has 0 unspecified atom stereocenters. The molecule has 162 valence electrons. The highest BCUT2D eigenvalue weighted by molar-refractivity contribution is 8.01. The van der Waals surface area contributed by atoms with Crippen LogP contribution in [0.15, 0.2) is 35.2 Å². The summed E-state index contributed by atoms with van der Waals surface area (Å²) in [5.74, 6) is -3.66. The van der Waals surface area contributed by atoms with Crippen molar-refractivity contribution in [2.75, 3.05) is 26.2 Å². The Labute approximate surface area is 176 Å². The molecule has 2 rings (SSSR count). The summed E-state index contributed by atoms with van der Waals surface area (Å²) in [6.45, 7) is 7.97. The van der Waals surface area contributed by atoms with Gasteiger partial charge in [-0.2, -0.15) is 0 Å². The fourth-order valence-electron chi connectivity index (χ4n) is 3.13. The van der Waals surface area contributed by atoms with E-state index in [-0.39, 0.29) is 10.7 Å². The predicted octanol–water partition coefficient (Wildman–Crippen LogP) is 3.52. The first-order valence-electron chi connectivity index (χ1n) is 9.94. The van der Waals surface area contributed by atoms with Crippen molar-refractivity contribution in [3.8, 4) is 0 Å². The van der Waals surface area contributed by atoms with Crippen LogP contribution in [0.25, 0.3) is 0 Å². The number of carbonyl (C=O) groups excluding carboxylic acids is 1. The van der Waals surface area contributed by atoms with E-state index in [1.54, 1.807) is 11.8 Å². The van der Waals surface area contributed by atoms with Gasteiger partial charge in [-0.25, -0.2) is 9.59 Å². The van der Waals surface area contributed by atoms with Crippen LogP contribution in [-0.4, -0.2) is 64.0 Å². The maximum atomic E-state index is 12.7. The van der Waals surface area contributed by atoms with Crippen LogP contribution in [0.4, 0.5) is 0 Å². The predicted molar refractivity (Wildman–Crippen MR) is 112 cm³/mol. The van der Waals surface area contributed by atoms with Gasteiger partial charge >= 0.3 is 17.9 Å². The van der Waals surface area contributed by atoms with E-state index >= 15 is 0 Å². The van der Waals surface area contributed by atoms with E-state index in [0.717, 1.165) is 56.6 Å². The molecular weight excluding hydrogens is 394 g/mol. The van der Waals surface area contributed by atoms with Crippen molar-refractivity contribution < 1.29 is 29.3 Å². The first-order chi connectivity index (χ1) is 13.8. The Balaban J connectivity index is 0.000000612. The van der Waals surface area contributed by atoms with E-state index < -0.39 is 11.9 Å². The van der Waals surface area contributed by atoms with Crippen LogP contribution >= 0.6 is 11.8 Å². The number of carbonyl (C=O) groups is 3. The third kappa shape index (κ3) is 8.87. The Bertz CT molecular complexity index is 630. The molecule has 8 heteroatoms. The largest absolute Gasteiger partial charge is 0.473 e. The van der Waals surface area contributed by atoms with Crippen molar-refractivity contribution in [1.82, 2.24) is 4.90 Å². The van der Waals surface area contributed by atoms with Gasteiger partial charge in [-0.05, 0) is 44.5 Å². The van der Waals surface area contributed by atoms with Crippen molar-refractivity contribution in [2.45, 2.75) is 55.6 Å². The molecule has 1 fully saturated rings. The summed E-state index contributed by atoms with van der Waals surface area (Å²) in [5, 5.41) is 14.8. The molecule has 1 aromatic carbocycles. The molecule has 29 heavy (non-hydrogen) atoms. The lowest BCUT2D eigenvalue weighted by atomic mass is 10.1. The van der Waals surface area contributed by atoms with E-state index in [4.69, 9.17) is 24.5 Å². The number of benzene rings is 1. The number of rotatable bonds is 9. The molecule has 0 heterocycles. The Hall–Kier alpha value is -2.06. The lowest BCUT2D eigenvalue weighted by Gasteiger charge is -2.26. The number of nitrogens with zero attached hydrogens (tertiary/aromatic N) is 1. The van der Waals surface area contributed by atoms with E-state index in [0.29, 0.717) is 6.61 Å². The van der Waals surface area contributed by atoms with Crippen LogP contribution in [-0.2, 0) is 19.1 Å². The average Bonchev–Trinajstić information content (AvgIpc) is 3.19. The summed E-state index contributed by atoms with van der Waals surface area (Å²) in [4.78, 5) is 34.4. The molecule has 0 saturated heterocycles. The number of aliphatic carboxylic acids is 2. The summed E-state index contributed by atoms with van der Waals surface area (Å²) >= 11 is 1.70. The minimum Gasteiger partial charge on any atom is -0.473 e. The smallest absolute Gasteiger partial charge is 0.414 e. The standard InChI is InChI=1S/C19H29NO2S.C2H2O4/c1-3-20(4-2)15-10-16-22-18(21)19(13-8-9-14-19)23-17-11-6-5-7-12-17;3-1(4)2(5)6/h5-7,11-12H,3-4,8-10,13-16H2,1-2H3;(H,3,4)(H,5,6). The quantitative estimate of drug-likeness (QED) is 0.352. The molecule has 1 saturated carbocycles. The van der Waals surface area contributed by atoms with Crippen molar-refractivity contribution in [3.63, 3.8) is 0 Å². The number of ether oxygens (including phenoxy) is 1. The first kappa shape index (κ1) is 25.0. The summed E-state index contributed by atoms with van der Waals surface area (Å²) in [7, 11) is 0. The van der Waals surface area contributed by atoms with Crippen molar-refractivity contribution in [3.05, 3.63) is 30.3 Å². The highest BCUT2D eigenvalue weighted by Crippen LogP contribution is 2.46. The van der Waals surface area contributed by atoms with Crippen LogP contribution in [0.3, 0.4) is 0 Å². The number of hydrogen-bond donors (Lipinski definition) is 2. The molecule has 1 aliphatic rings. The van der Waals surface area contributed by atoms with Gasteiger partial charge in [-0.1, -0.05) is 44.9 Å². The Kier molecular flexibility index (Phi) is 11.4. The molecule has 2 N–H and O–H groups in total. The van der Waals surface area contributed by atoms with E-state index in [2.05, 4.69) is 30.9 Å². The zero-order valence-corrected chi connectivity index (χ0v) is 18.0. The third-order valence-electron chi connectivity index (χ3n) is 4.77. The summed E-state index contributed by atoms with van der Waals surface area (Å²) in [6.07, 6.45) is 5.02. The van der Waals surface area contributed by atoms with Gasteiger partial charge in [0.05, 0.1) is 6.61 Å². The second kappa shape index (κ2) is 13.2. The highest BCUT2D eigenvalue weighted by Gasteiger charge is 2.43. The average molecular weight is 426 g/mol. The number of esters is 1. The molecule has 0 amide bonds. The molecule has 0 aliphatic heterocycles. The van der Waals surface area contributed by atoms with Crippen LogP contribution in [0, 0.1) is 0 Å². The molecule has 1 aromatic rings. The highest BCUT2D eigenvalue weighted by atomic mass is 32.2. The van der Waals surface area contributed by atoms with Crippen LogP contribution < -0.4 is 0 Å². The minimum absolute atomic E-state index is 0.0107. The van der Waals surface area contributed by atoms with Crippen LogP contribution in [0.2, 0.25) is 0 Å². The van der Waals surface area contributed by atoms with Crippen molar-refractivity contribution in [1.29, 1.82) is 0 Å². The van der Waals surface area contributed by atoms with Gasteiger partial charge in [0.1, 0.15) is 4.75 Å². The van der Waals surface area contributed by atoms with Gasteiger partial charge in [0.25, 0.3) is 0 Å². The van der Waals surface area contributed by atoms with Gasteiger partial charge in [0.15, 0.2) is 0 Å². The summed E-state index contributed by atoms with van der Waals surface area (Å²) < 4.78 is 5.29. The molecule has 0 radical (unpaired) electrons. The lowest BCUT2D eigenvalue weighted by Crippen LogP contribution is -2.34. The maximum absolute atomic E-state index is 12.7. The minimum atomic E-state index is -1.82. The van der Waals surface area contributed by atoms with Crippen LogP contribution in [0.1, 0.15) is 46.0 Å². The van der Waals surface area contributed by atoms with Crippen LogP contribution in [0.5, 0.6) is 0 Å². The summed E-state index contributed by atoms with van der Waals surface area (Å²) in [6, 6.07) is 10.2. The topological polar surface area (TPSA) is 104 Å². The van der Waals surface area contributed by atoms with Crippen molar-refractivity contribution in [2.24, 2.45) is 0 Å². The Morgan fingerprint density at radius 3 is 2.07 bits per heavy atom. The number of thioether (sulfide) groups is 1. The van der Waals surface area contributed by atoms with Crippen molar-refractivity contribution >= 4 is 29.7 Å². The first-order valence-corrected chi connectivity index (χ1v) is 10.8. The Morgan fingerprint density at radius 1 is 1.03 bits per heavy atom. The lowest BCUT2D eigenvalue weighted by molar-refractivity contribution is -0.159. The Morgan fingerprint density at radius 2 is 1.59 bits per heavy atom. The van der Waals surface area contributed by atoms with E-state index in [9.17, 15) is 4.79 Å². The monoisotopic (exact) mass is 425 g/mol. The molecule has 7 nitrogen and oxygen atoms in total. The molecule has 1 aliphatic carbocycles. The van der Waals surface area contributed by atoms with Gasteiger partial charge in [-0.3, -0.25) is 4.79 Å². The molecule has 0 bridgehead atoms. The summed E-state index contributed by atoms with van der Waals surface area (Å²) in [5.41, 5.74) is 0. The normalized spacial score (nSPS) is 14.7. The molecule has 0 aromatic heterocycles. The van der Waals surface area contributed by atoms with Gasteiger partial charge in [0, 0.05) is 11.4 Å². The maximum Gasteiger partial charge on any atom is 0.414 e. The zero-order valence-electron chi connectivity index (χ0n) is 17.1. The van der Waals surface area contributed by atoms with Gasteiger partial charge in [0.2, 0.25) is 0 Å². The van der Waals surface area contributed by atoms with E-state index in [1.165, 1.54) is 0 Å². The molecular formula is C21H31NO6S. The number of hydrogen-bond acceptors (Lipinski definition) is 6. The van der Waals surface area contributed by atoms with Gasteiger partial charge < -0.3 is 19.8 Å². The molecule has 0 atom stereocenters.